The summed E-state index contributed by atoms with van der Waals surface area (Å²) < 4.78 is 5.52. The topological polar surface area (TPSA) is 79.9 Å². The maximum absolute atomic E-state index is 12.3. The first-order chi connectivity index (χ1) is 12.7. The fraction of sp³-hybridized carbons (Fsp3) is 0.0500. The molecule has 0 fully saturated rings. The van der Waals surface area contributed by atoms with Gasteiger partial charge in [0.2, 0.25) is 0 Å². The number of amides is 1. The molecule has 2 N–H and O–H groups in total. The number of H-pyrrole nitrogens is 1. The summed E-state index contributed by atoms with van der Waals surface area (Å²) in [5, 5.41) is 3.88. The second-order valence-corrected chi connectivity index (χ2v) is 5.75. The van der Waals surface area contributed by atoms with Crippen molar-refractivity contribution in [2.24, 2.45) is 0 Å². The molecule has 6 nitrogen and oxygen atoms in total. The van der Waals surface area contributed by atoms with Crippen molar-refractivity contribution < 1.29 is 9.53 Å². The molecule has 0 atom stereocenters. The fourth-order valence-corrected chi connectivity index (χ4v) is 2.79. The van der Waals surface area contributed by atoms with Crippen LogP contribution in [-0.2, 0) is 0 Å². The molecule has 3 heterocycles. The number of fused-ring (bicyclic) bond motifs is 1. The number of hydrogen-bond acceptors (Lipinski definition) is 4. The Labute approximate surface area is 149 Å². The molecule has 0 saturated heterocycles. The van der Waals surface area contributed by atoms with E-state index in [9.17, 15) is 4.79 Å². The SMILES string of the molecule is COc1cc(NC(=O)c2cccnc2)ccc1-c1cnc2[nH]ccc2c1. The first-order valence-electron chi connectivity index (χ1n) is 8.07. The predicted octanol–water partition coefficient (Wildman–Crippen LogP) is 3.89. The Morgan fingerprint density at radius 3 is 2.88 bits per heavy atom. The lowest BCUT2D eigenvalue weighted by Gasteiger charge is -2.12. The van der Waals surface area contributed by atoms with Gasteiger partial charge in [-0.15, -0.1) is 0 Å². The van der Waals surface area contributed by atoms with Gasteiger partial charge in [-0.3, -0.25) is 9.78 Å². The van der Waals surface area contributed by atoms with Gasteiger partial charge in [-0.25, -0.2) is 4.98 Å². The van der Waals surface area contributed by atoms with E-state index in [-0.39, 0.29) is 5.91 Å². The molecule has 4 aromatic rings. The number of pyridine rings is 2. The van der Waals surface area contributed by atoms with Crippen molar-refractivity contribution in [3.05, 3.63) is 72.8 Å². The third-order valence-electron chi connectivity index (χ3n) is 4.09. The van der Waals surface area contributed by atoms with Crippen molar-refractivity contribution >= 4 is 22.6 Å². The summed E-state index contributed by atoms with van der Waals surface area (Å²) in [5.41, 5.74) is 3.84. The van der Waals surface area contributed by atoms with Crippen molar-refractivity contribution in [2.75, 3.05) is 12.4 Å². The molecule has 3 aromatic heterocycles. The van der Waals surface area contributed by atoms with Gasteiger partial charge >= 0.3 is 0 Å². The van der Waals surface area contributed by atoms with E-state index in [1.54, 1.807) is 37.7 Å². The Bertz CT molecular complexity index is 1070. The van der Waals surface area contributed by atoms with Crippen LogP contribution < -0.4 is 10.1 Å². The molecule has 0 aliphatic rings. The zero-order chi connectivity index (χ0) is 17.9. The Morgan fingerprint density at radius 1 is 1.15 bits per heavy atom. The number of methoxy groups -OCH3 is 1. The lowest BCUT2D eigenvalue weighted by Crippen LogP contribution is -2.12. The maximum Gasteiger partial charge on any atom is 0.257 e. The summed E-state index contributed by atoms with van der Waals surface area (Å²) in [5.74, 6) is 0.439. The van der Waals surface area contributed by atoms with Crippen LogP contribution in [0.1, 0.15) is 10.4 Å². The highest BCUT2D eigenvalue weighted by Gasteiger charge is 2.11. The number of ether oxygens (including phenoxy) is 1. The van der Waals surface area contributed by atoms with Crippen LogP contribution in [0.4, 0.5) is 5.69 Å². The molecule has 6 heteroatoms. The molecule has 0 spiro atoms. The summed E-state index contributed by atoms with van der Waals surface area (Å²) in [6.07, 6.45) is 6.81. The van der Waals surface area contributed by atoms with Crippen LogP contribution in [0.2, 0.25) is 0 Å². The largest absolute Gasteiger partial charge is 0.496 e. The van der Waals surface area contributed by atoms with E-state index in [0.717, 1.165) is 22.2 Å². The number of nitrogens with one attached hydrogen (secondary N) is 2. The van der Waals surface area contributed by atoms with Crippen molar-refractivity contribution in [1.29, 1.82) is 0 Å². The lowest BCUT2D eigenvalue weighted by atomic mass is 10.0. The average Bonchev–Trinajstić information content (AvgIpc) is 3.16. The predicted molar refractivity (Wildman–Crippen MR) is 100 cm³/mol. The van der Waals surface area contributed by atoms with Gasteiger partial charge in [0.1, 0.15) is 11.4 Å². The van der Waals surface area contributed by atoms with Crippen molar-refractivity contribution in [1.82, 2.24) is 15.0 Å². The molecule has 1 aromatic carbocycles. The zero-order valence-corrected chi connectivity index (χ0v) is 14.1. The molecule has 0 saturated carbocycles. The van der Waals surface area contributed by atoms with Gasteiger partial charge in [0.05, 0.1) is 12.7 Å². The van der Waals surface area contributed by atoms with Crippen molar-refractivity contribution in [2.45, 2.75) is 0 Å². The van der Waals surface area contributed by atoms with Crippen LogP contribution >= 0.6 is 0 Å². The summed E-state index contributed by atoms with van der Waals surface area (Å²) in [6, 6.07) is 13.0. The number of rotatable bonds is 4. The number of aromatic nitrogens is 3. The average molecular weight is 344 g/mol. The summed E-state index contributed by atoms with van der Waals surface area (Å²) >= 11 is 0. The van der Waals surface area contributed by atoms with Crippen LogP contribution in [0, 0.1) is 0 Å². The van der Waals surface area contributed by atoms with Crippen molar-refractivity contribution in [3.8, 4) is 16.9 Å². The summed E-state index contributed by atoms with van der Waals surface area (Å²) in [4.78, 5) is 23.7. The van der Waals surface area contributed by atoms with Gasteiger partial charge in [0.15, 0.2) is 0 Å². The highest BCUT2D eigenvalue weighted by molar-refractivity contribution is 6.04. The molecule has 0 aliphatic carbocycles. The monoisotopic (exact) mass is 344 g/mol. The van der Waals surface area contributed by atoms with E-state index in [0.29, 0.717) is 17.0 Å². The van der Waals surface area contributed by atoms with Gasteiger partial charge in [-0.05, 0) is 36.4 Å². The van der Waals surface area contributed by atoms with Gasteiger partial charge in [0, 0.05) is 53.1 Å². The molecule has 0 bridgehead atoms. The molecule has 4 rings (SSSR count). The van der Waals surface area contributed by atoms with E-state index >= 15 is 0 Å². The third kappa shape index (κ3) is 3.00. The molecular weight excluding hydrogens is 328 g/mol. The molecule has 0 radical (unpaired) electrons. The standard InChI is InChI=1S/C20H16N4O2/c1-26-18-10-16(24-20(25)14-3-2-7-21-11-14)4-5-17(18)15-9-13-6-8-22-19(13)23-12-15/h2-12H,1H3,(H,22,23)(H,24,25). The van der Waals surface area contributed by atoms with E-state index in [2.05, 4.69) is 20.3 Å². The van der Waals surface area contributed by atoms with E-state index in [1.807, 2.05) is 30.5 Å². The van der Waals surface area contributed by atoms with Crippen LogP contribution in [0.3, 0.4) is 0 Å². The van der Waals surface area contributed by atoms with Crippen LogP contribution in [0.25, 0.3) is 22.2 Å². The second kappa shape index (κ2) is 6.68. The Kier molecular flexibility index (Phi) is 4.07. The molecule has 128 valence electrons. The first kappa shape index (κ1) is 15.8. The minimum absolute atomic E-state index is 0.219. The van der Waals surface area contributed by atoms with Crippen LogP contribution in [0.15, 0.2) is 67.3 Å². The van der Waals surface area contributed by atoms with E-state index < -0.39 is 0 Å². The number of hydrogen-bond donors (Lipinski definition) is 2. The lowest BCUT2D eigenvalue weighted by molar-refractivity contribution is 0.102. The van der Waals surface area contributed by atoms with Gasteiger partial charge in [0.25, 0.3) is 5.91 Å². The van der Waals surface area contributed by atoms with Crippen LogP contribution in [0.5, 0.6) is 5.75 Å². The molecule has 1 amide bonds. The normalized spacial score (nSPS) is 10.7. The van der Waals surface area contributed by atoms with E-state index in [1.165, 1.54) is 6.20 Å². The van der Waals surface area contributed by atoms with Gasteiger partial charge < -0.3 is 15.0 Å². The number of nitrogens with zero attached hydrogens (tertiary/aromatic N) is 2. The number of aromatic amines is 1. The van der Waals surface area contributed by atoms with E-state index in [4.69, 9.17) is 4.74 Å². The molecule has 0 unspecified atom stereocenters. The quantitative estimate of drug-likeness (QED) is 0.589. The summed E-state index contributed by atoms with van der Waals surface area (Å²) in [7, 11) is 1.60. The highest BCUT2D eigenvalue weighted by atomic mass is 16.5. The number of anilines is 1. The fourth-order valence-electron chi connectivity index (χ4n) is 2.79. The number of benzene rings is 1. The maximum atomic E-state index is 12.3. The third-order valence-corrected chi connectivity index (χ3v) is 4.09. The zero-order valence-electron chi connectivity index (χ0n) is 14.1. The van der Waals surface area contributed by atoms with Crippen LogP contribution in [-0.4, -0.2) is 28.0 Å². The minimum Gasteiger partial charge on any atom is -0.496 e. The van der Waals surface area contributed by atoms with Crippen molar-refractivity contribution in [3.63, 3.8) is 0 Å². The Morgan fingerprint density at radius 2 is 2.08 bits per heavy atom. The van der Waals surface area contributed by atoms with Gasteiger partial charge in [-0.1, -0.05) is 0 Å². The second-order valence-electron chi connectivity index (χ2n) is 5.75. The number of carbonyl (C=O) groups excluding carboxylic acids is 1. The highest BCUT2D eigenvalue weighted by Crippen LogP contribution is 2.33. The molecule has 26 heavy (non-hydrogen) atoms. The molecule has 0 aliphatic heterocycles. The Balaban J connectivity index is 1.64. The minimum atomic E-state index is -0.219. The smallest absolute Gasteiger partial charge is 0.257 e. The van der Waals surface area contributed by atoms with Gasteiger partial charge in [-0.2, -0.15) is 0 Å². The first-order valence-corrected chi connectivity index (χ1v) is 8.07. The Hall–Kier alpha value is -3.67. The molecular formula is C20H16N4O2. The summed E-state index contributed by atoms with van der Waals surface area (Å²) in [6.45, 7) is 0. The number of carbonyl (C=O) groups is 1.